The first-order valence-corrected chi connectivity index (χ1v) is 21.0. The van der Waals surface area contributed by atoms with Gasteiger partial charge in [0.2, 0.25) is 25.0 Å². The van der Waals surface area contributed by atoms with Crippen molar-refractivity contribution in [1.29, 1.82) is 0 Å². The zero-order valence-corrected chi connectivity index (χ0v) is 23.6. The van der Waals surface area contributed by atoms with E-state index in [9.17, 15) is 19.2 Å². The number of nitrogens with two attached hydrogens (primary N) is 1. The molecule has 2 N–H and O–H groups in total. The third-order valence-corrected chi connectivity index (χ3v) is 6.24. The lowest BCUT2D eigenvalue weighted by Crippen LogP contribution is -2.40. The molecule has 0 unspecified atom stereocenters. The van der Waals surface area contributed by atoms with E-state index in [0.717, 1.165) is 0 Å². The largest absolute Gasteiger partial charge is 0.520 e. The zero-order valence-electron chi connectivity index (χ0n) is 20.6. The third kappa shape index (κ3) is 16.0. The van der Waals surface area contributed by atoms with E-state index in [1.807, 2.05) is 58.9 Å². The van der Waals surface area contributed by atoms with Crippen molar-refractivity contribution >= 4 is 48.6 Å². The summed E-state index contributed by atoms with van der Waals surface area (Å²) in [6.07, 6.45) is 0.375. The zero-order chi connectivity index (χ0) is 24.6. The van der Waals surface area contributed by atoms with E-state index in [-0.39, 0.29) is 43.9 Å². The van der Waals surface area contributed by atoms with Crippen LogP contribution in [0.5, 0.6) is 0 Å². The molecule has 0 aromatic carbocycles. The Balaban J connectivity index is 4.93. The number of carbonyl (C=O) groups is 4. The normalized spacial score (nSPS) is 14.4. The van der Waals surface area contributed by atoms with Crippen LogP contribution in [0.1, 0.15) is 32.1 Å². The second kappa shape index (κ2) is 12.1. The van der Waals surface area contributed by atoms with Gasteiger partial charge < -0.3 is 19.0 Å². The summed E-state index contributed by atoms with van der Waals surface area (Å²) in [6.45, 7) is 17.0. The van der Waals surface area contributed by atoms with E-state index in [1.54, 1.807) is 0 Å². The molecule has 8 nitrogen and oxygen atoms in total. The van der Waals surface area contributed by atoms with Gasteiger partial charge in [-0.2, -0.15) is 0 Å². The van der Waals surface area contributed by atoms with Gasteiger partial charge in [0.15, 0.2) is 0 Å². The van der Waals surface area contributed by atoms with Crippen LogP contribution in [-0.4, -0.2) is 54.7 Å². The average molecular weight is 492 g/mol. The molecule has 2 atom stereocenters. The summed E-state index contributed by atoms with van der Waals surface area (Å²) in [7, 11) is -6.23. The number of carbonyl (C=O) groups excluding carboxylic acids is 4. The van der Waals surface area contributed by atoms with E-state index in [1.165, 1.54) is 0 Å². The Hall–Kier alpha value is -1.31. The van der Waals surface area contributed by atoms with Gasteiger partial charge in [0.05, 0.1) is 5.92 Å². The number of Topliss-reactive ketones (excluding diaryl/α,β-unsaturated/α-hetero) is 1. The van der Waals surface area contributed by atoms with Crippen LogP contribution in [0.2, 0.25) is 58.9 Å². The van der Waals surface area contributed by atoms with Crippen molar-refractivity contribution in [3.8, 4) is 0 Å². The Labute approximate surface area is 190 Å². The lowest BCUT2D eigenvalue weighted by molar-refractivity contribution is -0.143. The number of rotatable bonds is 13. The highest BCUT2D eigenvalue weighted by molar-refractivity contribution is 6.72. The first kappa shape index (κ1) is 29.7. The molecule has 0 fully saturated rings. The van der Waals surface area contributed by atoms with Crippen LogP contribution >= 0.6 is 0 Å². The third-order valence-electron chi connectivity index (χ3n) is 3.77. The molecule has 0 saturated heterocycles. The summed E-state index contributed by atoms with van der Waals surface area (Å²) < 4.78 is 16.3. The maximum absolute atomic E-state index is 12.6. The van der Waals surface area contributed by atoms with Gasteiger partial charge in [0.25, 0.3) is 11.9 Å². The van der Waals surface area contributed by atoms with Crippen molar-refractivity contribution in [2.75, 3.05) is 0 Å². The van der Waals surface area contributed by atoms with E-state index >= 15 is 0 Å². The predicted octanol–water partition coefficient (Wildman–Crippen LogP) is 3.58. The molecule has 0 amide bonds. The van der Waals surface area contributed by atoms with Crippen molar-refractivity contribution in [2.24, 2.45) is 11.7 Å². The van der Waals surface area contributed by atoms with Gasteiger partial charge in [0, 0.05) is 19.3 Å². The molecule has 11 heteroatoms. The summed E-state index contributed by atoms with van der Waals surface area (Å²) in [6, 6.07) is -0.880. The van der Waals surface area contributed by atoms with Crippen LogP contribution in [0.25, 0.3) is 0 Å². The molecule has 0 aliphatic heterocycles. The second-order valence-electron chi connectivity index (χ2n) is 10.8. The van der Waals surface area contributed by atoms with Gasteiger partial charge >= 0.3 is 5.97 Å². The molecule has 0 aromatic heterocycles. The SMILES string of the molecule is C[Si](C)(C)OC(=O)CC[C@@H](CC(=O)CC[C@H](N)C(=O)O[Si](C)(C)C)C(=O)O[Si](C)(C)C. The summed E-state index contributed by atoms with van der Waals surface area (Å²) in [4.78, 5) is 49.2. The Morgan fingerprint density at radius 1 is 0.677 bits per heavy atom. The van der Waals surface area contributed by atoms with Crippen LogP contribution in [0.4, 0.5) is 0 Å². The molecule has 31 heavy (non-hydrogen) atoms. The van der Waals surface area contributed by atoms with Gasteiger partial charge in [-0.1, -0.05) is 0 Å². The smallest absolute Gasteiger partial charge is 0.309 e. The Bertz CT molecular complexity index is 649. The molecule has 180 valence electrons. The fourth-order valence-corrected chi connectivity index (χ4v) is 4.87. The predicted molar refractivity (Wildman–Crippen MR) is 128 cm³/mol. The fraction of sp³-hybridized carbons (Fsp3) is 0.800. The van der Waals surface area contributed by atoms with Crippen LogP contribution < -0.4 is 5.73 Å². The van der Waals surface area contributed by atoms with Gasteiger partial charge in [-0.15, -0.1) is 0 Å². The monoisotopic (exact) mass is 491 g/mol. The van der Waals surface area contributed by atoms with Crippen molar-refractivity contribution in [3.05, 3.63) is 0 Å². The van der Waals surface area contributed by atoms with E-state index < -0.39 is 48.9 Å². The molecule has 0 saturated carbocycles. The first-order valence-electron chi connectivity index (χ1n) is 10.7. The van der Waals surface area contributed by atoms with Crippen molar-refractivity contribution in [3.63, 3.8) is 0 Å². The second-order valence-corrected chi connectivity index (χ2v) is 24.1. The Kier molecular flexibility index (Phi) is 11.6. The quantitative estimate of drug-likeness (QED) is 0.388. The molecule has 0 bridgehead atoms. The summed E-state index contributed by atoms with van der Waals surface area (Å²) in [5.74, 6) is -2.26. The highest BCUT2D eigenvalue weighted by atomic mass is 28.4. The highest BCUT2D eigenvalue weighted by Crippen LogP contribution is 2.20. The molecule has 0 heterocycles. The average Bonchev–Trinajstić information content (AvgIpc) is 2.51. The van der Waals surface area contributed by atoms with Gasteiger partial charge in [-0.25, -0.2) is 0 Å². The summed E-state index contributed by atoms with van der Waals surface area (Å²) >= 11 is 0. The minimum atomic E-state index is -2.15. The van der Waals surface area contributed by atoms with Crippen LogP contribution in [0.15, 0.2) is 0 Å². The summed E-state index contributed by atoms with van der Waals surface area (Å²) in [5.41, 5.74) is 5.86. The van der Waals surface area contributed by atoms with Gasteiger partial charge in [0.1, 0.15) is 11.8 Å². The topological polar surface area (TPSA) is 122 Å². The minimum absolute atomic E-state index is 0.0467. The maximum Gasteiger partial charge on any atom is 0.309 e. The first-order chi connectivity index (χ1) is 13.8. The number of ketones is 1. The van der Waals surface area contributed by atoms with Gasteiger partial charge in [-0.3, -0.25) is 19.2 Å². The van der Waals surface area contributed by atoms with E-state index in [0.29, 0.717) is 0 Å². The minimum Gasteiger partial charge on any atom is -0.520 e. The Morgan fingerprint density at radius 3 is 1.58 bits per heavy atom. The lowest BCUT2D eigenvalue weighted by atomic mass is 9.94. The number of hydrogen-bond donors (Lipinski definition) is 1. The van der Waals surface area contributed by atoms with Crippen molar-refractivity contribution in [2.45, 2.75) is 97.1 Å². The molecule has 0 rings (SSSR count). The van der Waals surface area contributed by atoms with Crippen molar-refractivity contribution < 1.29 is 32.5 Å². The van der Waals surface area contributed by atoms with Gasteiger partial charge in [-0.05, 0) is 71.8 Å². The molecule has 0 radical (unpaired) electrons. The molecule has 0 aliphatic carbocycles. The highest BCUT2D eigenvalue weighted by Gasteiger charge is 2.30. The summed E-state index contributed by atoms with van der Waals surface area (Å²) in [5, 5.41) is 0. The van der Waals surface area contributed by atoms with Crippen LogP contribution in [-0.2, 0) is 32.5 Å². The standard InChI is InChI=1S/C20H41NO7Si3/c1-29(2,3)26-18(23)13-10-15(19(24)27-30(4,5)6)14-16(22)11-12-17(21)20(25)28-31(7,8)9/h15,17H,10-14,21H2,1-9H3/t15-,17-/m0/s1. The fourth-order valence-electron chi connectivity index (χ4n) is 2.56. The maximum atomic E-state index is 12.6. The number of hydrogen-bond acceptors (Lipinski definition) is 8. The van der Waals surface area contributed by atoms with E-state index in [2.05, 4.69) is 0 Å². The van der Waals surface area contributed by atoms with E-state index in [4.69, 9.17) is 19.0 Å². The molecular weight excluding hydrogens is 450 g/mol. The molecule has 0 aliphatic rings. The van der Waals surface area contributed by atoms with Crippen molar-refractivity contribution in [1.82, 2.24) is 0 Å². The Morgan fingerprint density at radius 2 is 1.13 bits per heavy atom. The molecular formula is C20H41NO7Si3. The molecule has 0 spiro atoms. The van der Waals surface area contributed by atoms with Crippen LogP contribution in [0.3, 0.4) is 0 Å². The van der Waals surface area contributed by atoms with Crippen LogP contribution in [0, 0.1) is 5.92 Å². The molecule has 0 aromatic rings. The lowest BCUT2D eigenvalue weighted by Gasteiger charge is -2.23.